The van der Waals surface area contributed by atoms with E-state index in [1.54, 1.807) is 25.3 Å². The van der Waals surface area contributed by atoms with E-state index in [1.807, 2.05) is 38.1 Å². The van der Waals surface area contributed by atoms with Crippen molar-refractivity contribution < 1.29 is 14.3 Å². The zero-order valence-electron chi connectivity index (χ0n) is 13.9. The van der Waals surface area contributed by atoms with Crippen LogP contribution in [0.15, 0.2) is 42.5 Å². The Morgan fingerprint density at radius 2 is 1.83 bits per heavy atom. The van der Waals surface area contributed by atoms with Crippen LogP contribution in [0.3, 0.4) is 0 Å². The predicted octanol–water partition coefficient (Wildman–Crippen LogP) is 3.72. The fourth-order valence-electron chi connectivity index (χ4n) is 2.13. The molecule has 0 saturated heterocycles. The van der Waals surface area contributed by atoms with E-state index in [-0.39, 0.29) is 5.91 Å². The number of rotatable bonds is 7. The average Bonchev–Trinajstić information content (AvgIpc) is 2.59. The molecule has 0 heterocycles. The van der Waals surface area contributed by atoms with Crippen molar-refractivity contribution in [2.45, 2.75) is 26.8 Å². The van der Waals surface area contributed by atoms with Gasteiger partial charge in [-0.05, 0) is 37.1 Å². The van der Waals surface area contributed by atoms with Gasteiger partial charge >= 0.3 is 0 Å². The molecule has 0 atom stereocenters. The topological polar surface area (TPSA) is 47.6 Å². The van der Waals surface area contributed by atoms with E-state index >= 15 is 0 Å². The number of hydrogen-bond donors (Lipinski definition) is 1. The molecule has 0 aromatic heterocycles. The summed E-state index contributed by atoms with van der Waals surface area (Å²) in [6.45, 7) is 5.20. The van der Waals surface area contributed by atoms with Crippen LogP contribution in [0.1, 0.15) is 34.8 Å². The maximum absolute atomic E-state index is 12.3. The van der Waals surface area contributed by atoms with E-state index in [0.717, 1.165) is 12.0 Å². The van der Waals surface area contributed by atoms with Crippen molar-refractivity contribution in [2.24, 2.45) is 0 Å². The van der Waals surface area contributed by atoms with E-state index in [4.69, 9.17) is 9.47 Å². The molecule has 0 radical (unpaired) electrons. The van der Waals surface area contributed by atoms with Crippen LogP contribution in [0.4, 0.5) is 0 Å². The minimum absolute atomic E-state index is 0.133. The van der Waals surface area contributed by atoms with Gasteiger partial charge in [-0.1, -0.05) is 36.8 Å². The van der Waals surface area contributed by atoms with Crippen LogP contribution >= 0.6 is 0 Å². The molecular formula is C19H23NO3. The summed E-state index contributed by atoms with van der Waals surface area (Å²) in [6, 6.07) is 13.3. The molecule has 0 fully saturated rings. The summed E-state index contributed by atoms with van der Waals surface area (Å²) >= 11 is 0. The van der Waals surface area contributed by atoms with Crippen molar-refractivity contribution in [3.05, 3.63) is 59.2 Å². The van der Waals surface area contributed by atoms with Crippen molar-refractivity contribution in [3.63, 3.8) is 0 Å². The summed E-state index contributed by atoms with van der Waals surface area (Å²) in [5.74, 6) is 1.09. The van der Waals surface area contributed by atoms with E-state index in [0.29, 0.717) is 30.2 Å². The Bertz CT molecular complexity index is 650. The zero-order valence-corrected chi connectivity index (χ0v) is 13.9. The van der Waals surface area contributed by atoms with Gasteiger partial charge in [-0.15, -0.1) is 0 Å². The second kappa shape index (κ2) is 8.22. The third kappa shape index (κ3) is 4.74. The second-order valence-corrected chi connectivity index (χ2v) is 5.38. The molecule has 4 nitrogen and oxygen atoms in total. The van der Waals surface area contributed by atoms with Crippen molar-refractivity contribution in [2.75, 3.05) is 13.7 Å². The van der Waals surface area contributed by atoms with Crippen LogP contribution in [0.25, 0.3) is 0 Å². The van der Waals surface area contributed by atoms with Crippen LogP contribution in [0.5, 0.6) is 11.5 Å². The molecule has 23 heavy (non-hydrogen) atoms. The van der Waals surface area contributed by atoms with Crippen LogP contribution in [-0.2, 0) is 6.54 Å². The molecule has 0 aliphatic heterocycles. The highest BCUT2D eigenvalue weighted by Gasteiger charge is 2.11. The van der Waals surface area contributed by atoms with Gasteiger partial charge in [0.1, 0.15) is 0 Å². The minimum atomic E-state index is -0.133. The molecule has 0 spiro atoms. The smallest absolute Gasteiger partial charge is 0.251 e. The molecule has 0 aliphatic rings. The highest BCUT2D eigenvalue weighted by atomic mass is 16.5. The quantitative estimate of drug-likeness (QED) is 0.847. The Hall–Kier alpha value is -2.49. The average molecular weight is 313 g/mol. The zero-order chi connectivity index (χ0) is 16.7. The van der Waals surface area contributed by atoms with Gasteiger partial charge in [-0.25, -0.2) is 0 Å². The lowest BCUT2D eigenvalue weighted by Gasteiger charge is -2.12. The highest BCUT2D eigenvalue weighted by molar-refractivity contribution is 5.94. The second-order valence-electron chi connectivity index (χ2n) is 5.38. The van der Waals surface area contributed by atoms with E-state index in [2.05, 4.69) is 5.32 Å². The molecule has 2 aromatic carbocycles. The number of ether oxygens (including phenoxy) is 2. The molecule has 0 aliphatic carbocycles. The Labute approximate surface area is 137 Å². The lowest BCUT2D eigenvalue weighted by atomic mass is 10.1. The number of aryl methyl sites for hydroxylation is 1. The standard InChI is InChI=1S/C19H23NO3/c1-4-11-23-17-10-9-16(12-18(17)22-3)19(21)20-13-15-7-5-14(2)6-8-15/h5-10,12H,4,11,13H2,1-3H3,(H,20,21). The van der Waals surface area contributed by atoms with Gasteiger partial charge in [-0.2, -0.15) is 0 Å². The van der Waals surface area contributed by atoms with Crippen molar-refractivity contribution in [1.82, 2.24) is 5.32 Å². The number of carbonyl (C=O) groups excluding carboxylic acids is 1. The van der Waals surface area contributed by atoms with Gasteiger partial charge in [0.15, 0.2) is 11.5 Å². The maximum Gasteiger partial charge on any atom is 0.251 e. The summed E-state index contributed by atoms with van der Waals surface area (Å²) in [5, 5.41) is 2.91. The molecule has 122 valence electrons. The fourth-order valence-corrected chi connectivity index (χ4v) is 2.13. The third-order valence-electron chi connectivity index (χ3n) is 3.46. The van der Waals surface area contributed by atoms with Gasteiger partial charge in [0.05, 0.1) is 13.7 Å². The molecule has 4 heteroatoms. The molecule has 0 unspecified atom stereocenters. The summed E-state index contributed by atoms with van der Waals surface area (Å²) < 4.78 is 10.9. The van der Waals surface area contributed by atoms with Crippen molar-refractivity contribution >= 4 is 5.91 Å². The van der Waals surface area contributed by atoms with E-state index in [1.165, 1.54) is 5.56 Å². The first-order chi connectivity index (χ1) is 11.1. The number of nitrogens with one attached hydrogen (secondary N) is 1. The number of amides is 1. The van der Waals surface area contributed by atoms with E-state index < -0.39 is 0 Å². The predicted molar refractivity (Wildman–Crippen MR) is 91.1 cm³/mol. The monoisotopic (exact) mass is 313 g/mol. The summed E-state index contributed by atoms with van der Waals surface area (Å²) in [7, 11) is 1.57. The first kappa shape index (κ1) is 16.9. The summed E-state index contributed by atoms with van der Waals surface area (Å²) in [5.41, 5.74) is 2.82. The minimum Gasteiger partial charge on any atom is -0.493 e. The van der Waals surface area contributed by atoms with Gasteiger partial charge in [0.25, 0.3) is 5.91 Å². The SMILES string of the molecule is CCCOc1ccc(C(=O)NCc2ccc(C)cc2)cc1OC. The number of benzene rings is 2. The normalized spacial score (nSPS) is 10.2. The first-order valence-corrected chi connectivity index (χ1v) is 7.78. The Kier molecular flexibility index (Phi) is 6.03. The lowest BCUT2D eigenvalue weighted by Crippen LogP contribution is -2.22. The van der Waals surface area contributed by atoms with Crippen molar-refractivity contribution in [1.29, 1.82) is 0 Å². The molecule has 2 aromatic rings. The summed E-state index contributed by atoms with van der Waals surface area (Å²) in [6.07, 6.45) is 0.919. The maximum atomic E-state index is 12.3. The molecule has 1 N–H and O–H groups in total. The van der Waals surface area contributed by atoms with E-state index in [9.17, 15) is 4.79 Å². The van der Waals surface area contributed by atoms with Gasteiger partial charge in [0.2, 0.25) is 0 Å². The van der Waals surface area contributed by atoms with Crippen LogP contribution < -0.4 is 14.8 Å². The number of carbonyl (C=O) groups is 1. The number of methoxy groups -OCH3 is 1. The Balaban J connectivity index is 2.02. The third-order valence-corrected chi connectivity index (χ3v) is 3.46. The van der Waals surface area contributed by atoms with Gasteiger partial charge in [-0.3, -0.25) is 4.79 Å². The number of hydrogen-bond acceptors (Lipinski definition) is 3. The molecule has 0 bridgehead atoms. The fraction of sp³-hybridized carbons (Fsp3) is 0.316. The van der Waals surface area contributed by atoms with Crippen molar-refractivity contribution in [3.8, 4) is 11.5 Å². The molecule has 2 rings (SSSR count). The Morgan fingerprint density at radius 3 is 2.48 bits per heavy atom. The largest absolute Gasteiger partial charge is 0.493 e. The Morgan fingerprint density at radius 1 is 1.09 bits per heavy atom. The van der Waals surface area contributed by atoms with Crippen LogP contribution in [-0.4, -0.2) is 19.6 Å². The molecule has 1 amide bonds. The van der Waals surface area contributed by atoms with Crippen LogP contribution in [0.2, 0.25) is 0 Å². The highest BCUT2D eigenvalue weighted by Crippen LogP contribution is 2.28. The molecule has 0 saturated carbocycles. The summed E-state index contributed by atoms with van der Waals surface area (Å²) in [4.78, 5) is 12.3. The van der Waals surface area contributed by atoms with Crippen LogP contribution in [0, 0.1) is 6.92 Å². The van der Waals surface area contributed by atoms with Gasteiger partial charge in [0, 0.05) is 12.1 Å². The lowest BCUT2D eigenvalue weighted by molar-refractivity contribution is 0.0950. The first-order valence-electron chi connectivity index (χ1n) is 7.78. The van der Waals surface area contributed by atoms with Gasteiger partial charge < -0.3 is 14.8 Å². The molecular weight excluding hydrogens is 290 g/mol.